The van der Waals surface area contributed by atoms with Crippen molar-refractivity contribution in [3.8, 4) is 22.6 Å². The van der Waals surface area contributed by atoms with Crippen molar-refractivity contribution in [2.24, 2.45) is 0 Å². The van der Waals surface area contributed by atoms with E-state index in [-0.39, 0.29) is 28.5 Å². The molecular formula is C21H20BrNO2. The number of halogens is 1. The molecule has 0 radical (unpaired) electrons. The van der Waals surface area contributed by atoms with Crippen LogP contribution in [0.15, 0.2) is 60.9 Å². The summed E-state index contributed by atoms with van der Waals surface area (Å²) in [6.45, 7) is 0. The maximum Gasteiger partial charge on any atom is 0.158 e. The van der Waals surface area contributed by atoms with E-state index in [0.29, 0.717) is 5.92 Å². The highest BCUT2D eigenvalue weighted by Crippen LogP contribution is 2.39. The molecule has 1 aliphatic rings. The first-order chi connectivity index (χ1) is 11.7. The summed E-state index contributed by atoms with van der Waals surface area (Å²) in [7, 11) is 0. The number of aryl methyl sites for hydroxylation is 1. The topological polar surface area (TPSA) is 53.4 Å². The van der Waals surface area contributed by atoms with Gasteiger partial charge in [-0.25, -0.2) is 0 Å². The Bertz CT molecular complexity index is 880. The Morgan fingerprint density at radius 2 is 1.56 bits per heavy atom. The van der Waals surface area contributed by atoms with Crippen LogP contribution in [0.25, 0.3) is 11.1 Å². The smallest absolute Gasteiger partial charge is 0.158 e. The lowest BCUT2D eigenvalue weighted by atomic mass is 9.78. The zero-order chi connectivity index (χ0) is 16.5. The number of aromatic hydroxyl groups is 2. The monoisotopic (exact) mass is 397 g/mol. The van der Waals surface area contributed by atoms with Crippen LogP contribution in [0.1, 0.15) is 35.4 Å². The molecule has 25 heavy (non-hydrogen) atoms. The summed E-state index contributed by atoms with van der Waals surface area (Å²) < 4.78 is 0. The minimum atomic E-state index is -0.0885. The van der Waals surface area contributed by atoms with Crippen molar-refractivity contribution in [3.05, 3.63) is 77.6 Å². The molecule has 128 valence electrons. The van der Waals surface area contributed by atoms with Crippen molar-refractivity contribution >= 4 is 17.0 Å². The number of fused-ring (bicyclic) bond motifs is 1. The molecule has 0 aliphatic heterocycles. The third-order valence-electron chi connectivity index (χ3n) is 4.87. The maximum atomic E-state index is 9.73. The van der Waals surface area contributed by atoms with Crippen molar-refractivity contribution in [3.63, 3.8) is 0 Å². The number of rotatable bonds is 2. The lowest BCUT2D eigenvalue weighted by molar-refractivity contribution is 0.404. The Morgan fingerprint density at radius 3 is 2.32 bits per heavy atom. The van der Waals surface area contributed by atoms with E-state index in [2.05, 4.69) is 35.3 Å². The molecular weight excluding hydrogens is 378 g/mol. The number of phenols is 2. The van der Waals surface area contributed by atoms with Crippen molar-refractivity contribution < 1.29 is 10.2 Å². The van der Waals surface area contributed by atoms with Crippen LogP contribution >= 0.6 is 17.0 Å². The number of benzene rings is 2. The third kappa shape index (κ3) is 3.40. The Hall–Kier alpha value is -2.33. The van der Waals surface area contributed by atoms with Crippen molar-refractivity contribution in [2.45, 2.75) is 25.2 Å². The molecule has 2 N–H and O–H groups in total. The highest BCUT2D eigenvalue weighted by atomic mass is 79.9. The Morgan fingerprint density at radius 1 is 0.840 bits per heavy atom. The highest BCUT2D eigenvalue weighted by molar-refractivity contribution is 8.93. The van der Waals surface area contributed by atoms with E-state index in [1.54, 1.807) is 6.07 Å². The van der Waals surface area contributed by atoms with Gasteiger partial charge in [-0.2, -0.15) is 0 Å². The van der Waals surface area contributed by atoms with Crippen LogP contribution in [0.2, 0.25) is 0 Å². The summed E-state index contributed by atoms with van der Waals surface area (Å²) >= 11 is 0. The number of hydrogen-bond donors (Lipinski definition) is 2. The van der Waals surface area contributed by atoms with Gasteiger partial charge < -0.3 is 10.2 Å². The number of pyridine rings is 1. The van der Waals surface area contributed by atoms with Crippen molar-refractivity contribution in [1.29, 1.82) is 0 Å². The van der Waals surface area contributed by atoms with Gasteiger partial charge in [0.15, 0.2) is 11.5 Å². The van der Waals surface area contributed by atoms with Crippen LogP contribution in [0.5, 0.6) is 11.5 Å². The van der Waals surface area contributed by atoms with Crippen LogP contribution < -0.4 is 0 Å². The summed E-state index contributed by atoms with van der Waals surface area (Å²) in [6, 6.07) is 15.7. The first-order valence-electron chi connectivity index (χ1n) is 8.27. The molecule has 4 rings (SSSR count). The van der Waals surface area contributed by atoms with Crippen LogP contribution in [-0.4, -0.2) is 15.2 Å². The van der Waals surface area contributed by atoms with E-state index < -0.39 is 0 Å². The number of nitrogens with zero attached hydrogens (tertiary/aromatic N) is 1. The first-order valence-corrected chi connectivity index (χ1v) is 8.27. The molecule has 0 saturated heterocycles. The zero-order valence-electron chi connectivity index (χ0n) is 13.7. The molecule has 0 spiro atoms. The summed E-state index contributed by atoms with van der Waals surface area (Å²) in [5.74, 6) is 0.258. The molecule has 0 saturated carbocycles. The van der Waals surface area contributed by atoms with Gasteiger partial charge in [-0.05, 0) is 71.3 Å². The largest absolute Gasteiger partial charge is 0.504 e. The molecule has 1 unspecified atom stereocenters. The lowest BCUT2D eigenvalue weighted by Crippen LogP contribution is -2.11. The van der Waals surface area contributed by atoms with E-state index >= 15 is 0 Å². The van der Waals surface area contributed by atoms with Gasteiger partial charge in [0.25, 0.3) is 0 Å². The highest BCUT2D eigenvalue weighted by Gasteiger charge is 2.22. The second-order valence-corrected chi connectivity index (χ2v) is 6.34. The van der Waals surface area contributed by atoms with E-state index in [1.165, 1.54) is 29.2 Å². The lowest BCUT2D eigenvalue weighted by Gasteiger charge is -2.26. The fourth-order valence-corrected chi connectivity index (χ4v) is 3.64. The van der Waals surface area contributed by atoms with Gasteiger partial charge in [0.2, 0.25) is 0 Å². The summed E-state index contributed by atoms with van der Waals surface area (Å²) in [6.07, 6.45) is 7.13. The Kier molecular flexibility index (Phi) is 5.09. The van der Waals surface area contributed by atoms with Gasteiger partial charge in [-0.15, -0.1) is 17.0 Å². The molecule has 3 nitrogen and oxygen atoms in total. The van der Waals surface area contributed by atoms with Crippen LogP contribution in [0.3, 0.4) is 0 Å². The molecule has 1 heterocycles. The summed E-state index contributed by atoms with van der Waals surface area (Å²) in [4.78, 5) is 4.12. The van der Waals surface area contributed by atoms with Gasteiger partial charge in [0, 0.05) is 18.3 Å². The van der Waals surface area contributed by atoms with E-state index in [1.807, 2.05) is 18.5 Å². The van der Waals surface area contributed by atoms with E-state index in [0.717, 1.165) is 24.0 Å². The van der Waals surface area contributed by atoms with Gasteiger partial charge >= 0.3 is 0 Å². The van der Waals surface area contributed by atoms with Crippen molar-refractivity contribution in [2.75, 3.05) is 0 Å². The molecule has 3 aromatic rings. The number of phenolic OH excluding ortho intramolecular Hbond substituents is 2. The molecule has 1 atom stereocenters. The quantitative estimate of drug-likeness (QED) is 0.583. The normalized spacial score (nSPS) is 15.9. The SMILES string of the molecule is Br.Oc1ccc(-c2ccc3c(c2)CCCC3c2ccncc2)cc1O. The molecule has 4 heteroatoms. The predicted molar refractivity (Wildman–Crippen MR) is 105 cm³/mol. The molecule has 2 aromatic carbocycles. The summed E-state index contributed by atoms with van der Waals surface area (Å²) in [5, 5.41) is 19.2. The van der Waals surface area contributed by atoms with Gasteiger partial charge in [-0.3, -0.25) is 4.98 Å². The molecule has 0 amide bonds. The van der Waals surface area contributed by atoms with E-state index in [4.69, 9.17) is 0 Å². The maximum absolute atomic E-state index is 9.73. The first kappa shape index (κ1) is 17.5. The second kappa shape index (κ2) is 7.28. The van der Waals surface area contributed by atoms with Crippen LogP contribution in [-0.2, 0) is 6.42 Å². The van der Waals surface area contributed by atoms with Crippen molar-refractivity contribution in [1.82, 2.24) is 4.98 Å². The van der Waals surface area contributed by atoms with E-state index in [9.17, 15) is 10.2 Å². The Labute approximate surface area is 157 Å². The zero-order valence-corrected chi connectivity index (χ0v) is 15.4. The van der Waals surface area contributed by atoms with Gasteiger partial charge in [0.1, 0.15) is 0 Å². The molecule has 1 aliphatic carbocycles. The Balaban J connectivity index is 0.00000182. The van der Waals surface area contributed by atoms with Crippen LogP contribution in [0, 0.1) is 0 Å². The second-order valence-electron chi connectivity index (χ2n) is 6.34. The molecule has 0 bridgehead atoms. The minimum Gasteiger partial charge on any atom is -0.504 e. The average Bonchev–Trinajstić information content (AvgIpc) is 2.64. The number of hydrogen-bond acceptors (Lipinski definition) is 3. The third-order valence-corrected chi connectivity index (χ3v) is 4.87. The standard InChI is InChI=1S/C21H19NO2.BrH/c23-20-7-5-16(13-21(20)24)15-4-6-19-17(12-15)2-1-3-18(19)14-8-10-22-11-9-14;/h4-13,18,23-24H,1-3H2;1H. The van der Waals surface area contributed by atoms with Gasteiger partial charge in [0.05, 0.1) is 0 Å². The molecule has 1 aromatic heterocycles. The molecule has 0 fully saturated rings. The summed E-state index contributed by atoms with van der Waals surface area (Å²) in [5.41, 5.74) is 6.06. The minimum absolute atomic E-state index is 0. The fraction of sp³-hybridized carbons (Fsp3) is 0.190. The fourth-order valence-electron chi connectivity index (χ4n) is 3.64. The van der Waals surface area contributed by atoms with Crippen LogP contribution in [0.4, 0.5) is 0 Å². The number of aromatic nitrogens is 1. The predicted octanol–water partition coefficient (Wildman–Crippen LogP) is 5.21. The van der Waals surface area contributed by atoms with Gasteiger partial charge in [-0.1, -0.05) is 24.3 Å². The average molecular weight is 398 g/mol.